The van der Waals surface area contributed by atoms with Crippen molar-refractivity contribution < 1.29 is 29.3 Å². The molecule has 0 aliphatic heterocycles. The lowest BCUT2D eigenvalue weighted by Gasteiger charge is -2.12. The summed E-state index contributed by atoms with van der Waals surface area (Å²) in [5.41, 5.74) is -1.40. The summed E-state index contributed by atoms with van der Waals surface area (Å²) in [4.78, 5) is 34.1. The zero-order valence-electron chi connectivity index (χ0n) is 11.6. The highest BCUT2D eigenvalue weighted by atomic mass is 16.5. The molecule has 0 atom stereocenters. The van der Waals surface area contributed by atoms with E-state index >= 15 is 0 Å². The Balaban J connectivity index is 2.76. The van der Waals surface area contributed by atoms with E-state index in [4.69, 9.17) is 14.6 Å². The second-order valence-electron chi connectivity index (χ2n) is 4.18. The van der Waals surface area contributed by atoms with Crippen molar-refractivity contribution in [2.45, 2.75) is 0 Å². The van der Waals surface area contributed by atoms with Gasteiger partial charge >= 0.3 is 11.9 Å². The molecule has 0 radical (unpaired) electrons. The Morgan fingerprint density at radius 1 is 1.05 bits per heavy atom. The number of aromatic carboxylic acids is 2. The molecule has 0 bridgehead atoms. The van der Waals surface area contributed by atoms with Gasteiger partial charge in [0.2, 0.25) is 0 Å². The van der Waals surface area contributed by atoms with Crippen molar-refractivity contribution in [2.75, 3.05) is 14.2 Å². The number of carboxylic acids is 2. The fourth-order valence-corrected chi connectivity index (χ4v) is 1.91. The number of ether oxygens (including phenoxy) is 2. The minimum atomic E-state index is -1.34. The Kier molecular flexibility index (Phi) is 3.89. The summed E-state index contributed by atoms with van der Waals surface area (Å²) < 4.78 is 10.9. The average Bonchev–Trinajstić information content (AvgIpc) is 2.87. The van der Waals surface area contributed by atoms with Crippen LogP contribution in [0.15, 0.2) is 23.0 Å². The van der Waals surface area contributed by atoms with Gasteiger partial charge in [-0.15, -0.1) is 0 Å². The summed E-state index contributed by atoms with van der Waals surface area (Å²) in [6.07, 6.45) is 0. The van der Waals surface area contributed by atoms with E-state index in [2.05, 4.69) is 5.10 Å². The van der Waals surface area contributed by atoms with Crippen LogP contribution < -0.4 is 15.0 Å². The number of hydrogen-bond acceptors (Lipinski definition) is 5. The molecule has 0 saturated heterocycles. The van der Waals surface area contributed by atoms with Gasteiger partial charge in [0.15, 0.2) is 11.5 Å². The van der Waals surface area contributed by atoms with Crippen LogP contribution in [0.2, 0.25) is 0 Å². The van der Waals surface area contributed by atoms with E-state index in [0.717, 1.165) is 10.7 Å². The molecular formula is C13H12N2O7. The Labute approximate surface area is 123 Å². The molecule has 0 fully saturated rings. The minimum absolute atomic E-state index is 0.0670. The molecular weight excluding hydrogens is 296 g/mol. The second-order valence-corrected chi connectivity index (χ2v) is 4.18. The summed E-state index contributed by atoms with van der Waals surface area (Å²) >= 11 is 0. The van der Waals surface area contributed by atoms with Crippen LogP contribution in [-0.4, -0.2) is 46.2 Å². The average molecular weight is 308 g/mol. The molecule has 0 aliphatic rings. The summed E-state index contributed by atoms with van der Waals surface area (Å²) in [7, 11) is 2.69. The summed E-state index contributed by atoms with van der Waals surface area (Å²) in [6.45, 7) is 0. The Hall–Kier alpha value is -3.23. The van der Waals surface area contributed by atoms with Crippen LogP contribution in [-0.2, 0) is 0 Å². The van der Waals surface area contributed by atoms with E-state index in [1.165, 1.54) is 26.4 Å². The molecule has 2 rings (SSSR count). The zero-order valence-corrected chi connectivity index (χ0v) is 11.6. The van der Waals surface area contributed by atoms with E-state index < -0.39 is 17.5 Å². The Morgan fingerprint density at radius 3 is 2.09 bits per heavy atom. The highest BCUT2D eigenvalue weighted by molar-refractivity contribution is 5.93. The quantitative estimate of drug-likeness (QED) is 0.736. The molecule has 1 aromatic heterocycles. The van der Waals surface area contributed by atoms with Crippen LogP contribution >= 0.6 is 0 Å². The first kappa shape index (κ1) is 15.2. The minimum Gasteiger partial charge on any atom is -0.493 e. The van der Waals surface area contributed by atoms with Gasteiger partial charge in [-0.1, -0.05) is 0 Å². The van der Waals surface area contributed by atoms with Crippen molar-refractivity contribution in [1.29, 1.82) is 0 Å². The number of methoxy groups -OCH3 is 2. The molecule has 1 heterocycles. The van der Waals surface area contributed by atoms with Gasteiger partial charge in [0.1, 0.15) is 5.69 Å². The monoisotopic (exact) mass is 308 g/mol. The first-order valence-corrected chi connectivity index (χ1v) is 5.94. The molecule has 116 valence electrons. The van der Waals surface area contributed by atoms with Crippen LogP contribution in [0.25, 0.3) is 5.69 Å². The van der Waals surface area contributed by atoms with Gasteiger partial charge in [-0.05, 0) is 0 Å². The summed E-state index contributed by atoms with van der Waals surface area (Å²) in [5, 5.41) is 20.5. The number of nitrogens with one attached hydrogen (secondary N) is 1. The number of benzene rings is 1. The number of carboxylic acid groups (broad SMARTS) is 2. The number of aromatic amines is 1. The van der Waals surface area contributed by atoms with Crippen LogP contribution in [0.1, 0.15) is 20.8 Å². The van der Waals surface area contributed by atoms with E-state index in [1.54, 1.807) is 0 Å². The van der Waals surface area contributed by atoms with Gasteiger partial charge in [-0.3, -0.25) is 9.89 Å². The fraction of sp³-hybridized carbons (Fsp3) is 0.154. The maximum atomic E-state index is 11.9. The number of nitrogens with zero attached hydrogens (tertiary/aromatic N) is 1. The molecule has 9 nitrogen and oxygen atoms in total. The third-order valence-corrected chi connectivity index (χ3v) is 2.92. The van der Waals surface area contributed by atoms with Gasteiger partial charge in [-0.25, -0.2) is 14.3 Å². The standard InChI is InChI=1S/C13H12N2O7/c1-21-9-3-6(12(17)18)8(5-10(9)22-2)15-11(16)4-7(14-15)13(19)20/h3-5,14H,1-2H3,(H,17,18)(H,19,20). The van der Waals surface area contributed by atoms with Crippen molar-refractivity contribution in [3.8, 4) is 17.2 Å². The smallest absolute Gasteiger partial charge is 0.353 e. The molecule has 3 N–H and O–H groups in total. The maximum Gasteiger partial charge on any atom is 0.353 e. The van der Waals surface area contributed by atoms with Crippen molar-refractivity contribution in [2.24, 2.45) is 0 Å². The SMILES string of the molecule is COc1cc(C(=O)O)c(-n2[nH]c(C(=O)O)cc2=O)cc1OC. The Morgan fingerprint density at radius 2 is 1.64 bits per heavy atom. The molecule has 1 aromatic carbocycles. The zero-order chi connectivity index (χ0) is 16.4. The fourth-order valence-electron chi connectivity index (χ4n) is 1.91. The molecule has 2 aromatic rings. The van der Waals surface area contributed by atoms with Crippen LogP contribution in [0.4, 0.5) is 0 Å². The predicted molar refractivity (Wildman–Crippen MR) is 73.4 cm³/mol. The number of carbonyl (C=O) groups is 2. The van der Waals surface area contributed by atoms with Crippen molar-refractivity contribution in [3.05, 3.63) is 39.8 Å². The number of rotatable bonds is 5. The van der Waals surface area contributed by atoms with E-state index in [-0.39, 0.29) is 28.4 Å². The number of hydrogen-bond donors (Lipinski definition) is 3. The number of H-pyrrole nitrogens is 1. The lowest BCUT2D eigenvalue weighted by atomic mass is 10.1. The van der Waals surface area contributed by atoms with E-state index in [0.29, 0.717) is 0 Å². The second kappa shape index (κ2) is 5.64. The van der Waals surface area contributed by atoms with Gasteiger partial charge < -0.3 is 19.7 Å². The highest BCUT2D eigenvalue weighted by Crippen LogP contribution is 2.31. The third kappa shape index (κ3) is 2.51. The molecule has 0 spiro atoms. The molecule has 9 heteroatoms. The summed E-state index contributed by atoms with van der Waals surface area (Å²) in [5.74, 6) is -2.29. The first-order chi connectivity index (χ1) is 10.4. The van der Waals surface area contributed by atoms with Gasteiger partial charge in [0.05, 0.1) is 25.5 Å². The van der Waals surface area contributed by atoms with Crippen LogP contribution in [0, 0.1) is 0 Å². The largest absolute Gasteiger partial charge is 0.493 e. The Bertz CT molecular complexity index is 803. The molecule has 22 heavy (non-hydrogen) atoms. The predicted octanol–water partition coefficient (Wildman–Crippen LogP) is 0.579. The first-order valence-electron chi connectivity index (χ1n) is 5.94. The third-order valence-electron chi connectivity index (χ3n) is 2.92. The normalized spacial score (nSPS) is 10.3. The van der Waals surface area contributed by atoms with Crippen molar-refractivity contribution in [1.82, 2.24) is 9.78 Å². The van der Waals surface area contributed by atoms with Gasteiger partial charge in [0.25, 0.3) is 5.56 Å². The lowest BCUT2D eigenvalue weighted by molar-refractivity contribution is 0.0684. The van der Waals surface area contributed by atoms with E-state index in [1.807, 2.05) is 0 Å². The highest BCUT2D eigenvalue weighted by Gasteiger charge is 2.20. The van der Waals surface area contributed by atoms with Gasteiger partial charge in [0, 0.05) is 18.2 Å². The lowest BCUT2D eigenvalue weighted by Crippen LogP contribution is -2.17. The van der Waals surface area contributed by atoms with Crippen molar-refractivity contribution >= 4 is 11.9 Å². The maximum absolute atomic E-state index is 11.9. The summed E-state index contributed by atoms with van der Waals surface area (Å²) in [6, 6.07) is 3.31. The van der Waals surface area contributed by atoms with Crippen LogP contribution in [0.3, 0.4) is 0 Å². The topological polar surface area (TPSA) is 131 Å². The van der Waals surface area contributed by atoms with Crippen LogP contribution in [0.5, 0.6) is 11.5 Å². The molecule has 0 aliphatic carbocycles. The molecule has 0 amide bonds. The van der Waals surface area contributed by atoms with E-state index in [9.17, 15) is 19.5 Å². The molecule has 0 unspecified atom stereocenters. The molecule has 0 saturated carbocycles. The van der Waals surface area contributed by atoms with Gasteiger partial charge in [-0.2, -0.15) is 0 Å². The van der Waals surface area contributed by atoms with Crippen molar-refractivity contribution in [3.63, 3.8) is 0 Å². The number of aromatic nitrogens is 2.